The summed E-state index contributed by atoms with van der Waals surface area (Å²) in [4.78, 5) is 22.0. The van der Waals surface area contributed by atoms with Crippen LogP contribution in [0.25, 0.3) is 0 Å². The van der Waals surface area contributed by atoms with Crippen LogP contribution in [0.15, 0.2) is 29.2 Å². The minimum Gasteiger partial charge on any atom is -0.468 e. The SMILES string of the molecule is COC(=O)[C@H](NS(=O)(=O)c1ccc([N+](=O)[O-])cc1)C1CCC(OS(C)(=O)=O)CC1. The number of non-ortho nitro benzene ring substituents is 1. The topological polar surface area (TPSA) is 159 Å². The number of methoxy groups -OCH3 is 1. The summed E-state index contributed by atoms with van der Waals surface area (Å²) in [6.45, 7) is 0. The quantitative estimate of drug-likeness (QED) is 0.263. The van der Waals surface area contributed by atoms with Gasteiger partial charge in [0.15, 0.2) is 0 Å². The van der Waals surface area contributed by atoms with Gasteiger partial charge in [-0.25, -0.2) is 8.42 Å². The molecule has 162 valence electrons. The van der Waals surface area contributed by atoms with Crippen LogP contribution >= 0.6 is 0 Å². The second kappa shape index (κ2) is 9.15. The van der Waals surface area contributed by atoms with E-state index < -0.39 is 49.1 Å². The molecule has 0 radical (unpaired) electrons. The Morgan fingerprint density at radius 1 is 1.14 bits per heavy atom. The van der Waals surface area contributed by atoms with Gasteiger partial charge in [0.2, 0.25) is 10.0 Å². The molecule has 1 N–H and O–H groups in total. The number of rotatable bonds is 8. The second-order valence-corrected chi connectivity index (χ2v) is 10.0. The summed E-state index contributed by atoms with van der Waals surface area (Å²) in [5, 5.41) is 10.7. The highest BCUT2D eigenvalue weighted by Gasteiger charge is 2.37. The smallest absolute Gasteiger partial charge is 0.324 e. The lowest BCUT2D eigenvalue weighted by Crippen LogP contribution is -2.48. The zero-order chi connectivity index (χ0) is 21.8. The lowest BCUT2D eigenvalue weighted by Gasteiger charge is -2.32. The second-order valence-electron chi connectivity index (χ2n) is 6.71. The molecule has 1 aromatic rings. The van der Waals surface area contributed by atoms with Crippen molar-refractivity contribution in [3.8, 4) is 0 Å². The van der Waals surface area contributed by atoms with Crippen LogP contribution < -0.4 is 4.72 Å². The predicted molar refractivity (Wildman–Crippen MR) is 101 cm³/mol. The van der Waals surface area contributed by atoms with Crippen LogP contribution in [0.3, 0.4) is 0 Å². The number of carbonyl (C=O) groups excluding carboxylic acids is 1. The van der Waals surface area contributed by atoms with Gasteiger partial charge in [-0.1, -0.05) is 0 Å². The van der Waals surface area contributed by atoms with Gasteiger partial charge < -0.3 is 4.74 Å². The van der Waals surface area contributed by atoms with Gasteiger partial charge in [-0.05, 0) is 43.7 Å². The van der Waals surface area contributed by atoms with Crippen LogP contribution in [0.2, 0.25) is 0 Å². The molecule has 1 atom stereocenters. The molecule has 1 aliphatic rings. The molecule has 0 bridgehead atoms. The van der Waals surface area contributed by atoms with Gasteiger partial charge in [-0.15, -0.1) is 0 Å². The van der Waals surface area contributed by atoms with Crippen molar-refractivity contribution in [1.82, 2.24) is 4.72 Å². The molecule has 0 unspecified atom stereocenters. The molecule has 0 aliphatic heterocycles. The number of benzene rings is 1. The van der Waals surface area contributed by atoms with E-state index in [1.165, 1.54) is 0 Å². The Balaban J connectivity index is 2.14. The Morgan fingerprint density at radius 3 is 2.14 bits per heavy atom. The van der Waals surface area contributed by atoms with Crippen molar-refractivity contribution in [2.75, 3.05) is 13.4 Å². The van der Waals surface area contributed by atoms with Gasteiger partial charge in [0.05, 0.1) is 29.3 Å². The fourth-order valence-electron chi connectivity index (χ4n) is 3.21. The van der Waals surface area contributed by atoms with E-state index in [9.17, 15) is 31.7 Å². The Hall–Kier alpha value is -2.09. The molecule has 1 fully saturated rings. The highest BCUT2D eigenvalue weighted by atomic mass is 32.2. The first-order valence-corrected chi connectivity index (χ1v) is 12.0. The van der Waals surface area contributed by atoms with Gasteiger partial charge >= 0.3 is 5.97 Å². The molecule has 0 spiro atoms. The third kappa shape index (κ3) is 6.45. The number of hydrogen-bond acceptors (Lipinski definition) is 9. The number of nitro benzene ring substituents is 1. The van der Waals surface area contributed by atoms with Gasteiger partial charge in [-0.3, -0.25) is 19.1 Å². The number of hydrogen-bond donors (Lipinski definition) is 1. The minimum atomic E-state index is -4.15. The van der Waals surface area contributed by atoms with Crippen LogP contribution in [-0.4, -0.2) is 53.2 Å². The summed E-state index contributed by atoms with van der Waals surface area (Å²) in [7, 11) is -6.62. The van der Waals surface area contributed by atoms with Gasteiger partial charge in [0.25, 0.3) is 15.8 Å². The summed E-state index contributed by atoms with van der Waals surface area (Å²) in [5.41, 5.74) is -0.266. The average molecular weight is 450 g/mol. The van der Waals surface area contributed by atoms with E-state index in [-0.39, 0.29) is 10.6 Å². The van der Waals surface area contributed by atoms with Crippen LogP contribution in [0.5, 0.6) is 0 Å². The third-order valence-corrected chi connectivity index (χ3v) is 6.67. The van der Waals surface area contributed by atoms with Crippen molar-refractivity contribution in [2.24, 2.45) is 5.92 Å². The third-order valence-electron chi connectivity index (χ3n) is 4.60. The number of esters is 1. The maximum Gasteiger partial charge on any atom is 0.324 e. The molecule has 0 amide bonds. The number of nitrogens with one attached hydrogen (secondary N) is 1. The zero-order valence-corrected chi connectivity index (χ0v) is 17.4. The Labute approximate surface area is 168 Å². The summed E-state index contributed by atoms with van der Waals surface area (Å²) in [6, 6.07) is 3.07. The maximum absolute atomic E-state index is 12.6. The van der Waals surface area contributed by atoms with Crippen molar-refractivity contribution >= 4 is 31.8 Å². The summed E-state index contributed by atoms with van der Waals surface area (Å²) >= 11 is 0. The highest BCUT2D eigenvalue weighted by molar-refractivity contribution is 7.89. The fraction of sp³-hybridized carbons (Fsp3) is 0.562. The Bertz CT molecular complexity index is 951. The predicted octanol–water partition coefficient (Wildman–Crippen LogP) is 0.950. The number of carbonyl (C=O) groups is 1. The fourth-order valence-corrected chi connectivity index (χ4v) is 5.15. The van der Waals surface area contributed by atoms with Crippen LogP contribution in [0.1, 0.15) is 25.7 Å². The van der Waals surface area contributed by atoms with Gasteiger partial charge in [0, 0.05) is 12.1 Å². The largest absolute Gasteiger partial charge is 0.468 e. The molecule has 0 aromatic heterocycles. The van der Waals surface area contributed by atoms with Crippen molar-refractivity contribution in [3.63, 3.8) is 0 Å². The van der Waals surface area contributed by atoms with Crippen molar-refractivity contribution in [2.45, 2.75) is 42.7 Å². The van der Waals surface area contributed by atoms with Gasteiger partial charge in [-0.2, -0.15) is 13.1 Å². The van der Waals surface area contributed by atoms with Crippen molar-refractivity contribution in [1.29, 1.82) is 0 Å². The summed E-state index contributed by atoms with van der Waals surface area (Å²) in [5.74, 6) is -1.20. The molecule has 0 saturated heterocycles. The standard InChI is InChI=1S/C16H22N2O9S2/c1-26-16(19)15(11-3-7-13(8-4-11)27-28(2,22)23)17-29(24,25)14-9-5-12(6-10-14)18(20)21/h5-6,9-11,13,15,17H,3-4,7-8H2,1-2H3/t11?,13?,15-/m1/s1. The van der Waals surface area contributed by atoms with E-state index in [0.717, 1.165) is 37.6 Å². The molecule has 11 nitrogen and oxygen atoms in total. The minimum absolute atomic E-state index is 0.230. The molecular formula is C16H22N2O9S2. The summed E-state index contributed by atoms with van der Waals surface area (Å²) < 4.78 is 59.8. The molecule has 0 heterocycles. The van der Waals surface area contributed by atoms with E-state index >= 15 is 0 Å². The van der Waals surface area contributed by atoms with Crippen LogP contribution in [0, 0.1) is 16.0 Å². The zero-order valence-electron chi connectivity index (χ0n) is 15.8. The maximum atomic E-state index is 12.6. The molecule has 29 heavy (non-hydrogen) atoms. The Kier molecular flexibility index (Phi) is 7.32. The molecule has 13 heteroatoms. The first-order valence-electron chi connectivity index (χ1n) is 8.66. The van der Waals surface area contributed by atoms with Crippen molar-refractivity contribution in [3.05, 3.63) is 34.4 Å². The number of ether oxygens (including phenoxy) is 1. The van der Waals surface area contributed by atoms with Gasteiger partial charge in [0.1, 0.15) is 6.04 Å². The number of nitro groups is 1. The van der Waals surface area contributed by atoms with Crippen molar-refractivity contribution < 1.29 is 35.5 Å². The molecule has 1 aromatic carbocycles. The van der Waals surface area contributed by atoms with E-state index in [1.54, 1.807) is 0 Å². The van der Waals surface area contributed by atoms with E-state index in [0.29, 0.717) is 25.7 Å². The molecule has 1 aliphatic carbocycles. The summed E-state index contributed by atoms with van der Waals surface area (Å²) in [6.07, 6.45) is 1.81. The highest BCUT2D eigenvalue weighted by Crippen LogP contribution is 2.30. The van der Waals surface area contributed by atoms with Crippen LogP contribution in [0.4, 0.5) is 5.69 Å². The number of sulfonamides is 1. The molecular weight excluding hydrogens is 428 g/mol. The van der Waals surface area contributed by atoms with Crippen LogP contribution in [-0.2, 0) is 33.9 Å². The molecule has 2 rings (SSSR count). The van der Waals surface area contributed by atoms with E-state index in [4.69, 9.17) is 8.92 Å². The monoisotopic (exact) mass is 450 g/mol. The molecule has 1 saturated carbocycles. The lowest BCUT2D eigenvalue weighted by molar-refractivity contribution is -0.384. The average Bonchev–Trinajstić information content (AvgIpc) is 2.65. The normalized spacial score (nSPS) is 21.3. The number of nitrogens with zero attached hydrogens (tertiary/aromatic N) is 1. The first-order chi connectivity index (χ1) is 13.4. The lowest BCUT2D eigenvalue weighted by atomic mass is 9.83. The van der Waals surface area contributed by atoms with E-state index in [2.05, 4.69) is 4.72 Å². The Morgan fingerprint density at radius 2 is 1.69 bits per heavy atom. The first kappa shape index (κ1) is 23.2. The van der Waals surface area contributed by atoms with E-state index in [1.807, 2.05) is 0 Å².